The Morgan fingerprint density at radius 1 is 0.625 bits per heavy atom. The Kier molecular flexibility index (Phi) is 6.77. The monoisotopic (exact) mass is 523 g/mol. The number of para-hydroxylation sites is 2. The van der Waals surface area contributed by atoms with E-state index >= 15 is 0 Å². The predicted octanol–water partition coefficient (Wildman–Crippen LogP) is 6.82. The molecule has 0 aliphatic carbocycles. The van der Waals surface area contributed by atoms with E-state index in [1.165, 1.54) is 4.90 Å². The number of hydrogen-bond donors (Lipinski definition) is 0. The summed E-state index contributed by atoms with van der Waals surface area (Å²) in [6, 6.07) is 41.9. The van der Waals surface area contributed by atoms with Gasteiger partial charge in [-0.1, -0.05) is 72.8 Å². The maximum Gasteiger partial charge on any atom is 0.267 e. The Morgan fingerprint density at radius 2 is 1.15 bits per heavy atom. The lowest BCUT2D eigenvalue weighted by Gasteiger charge is -2.23. The molecule has 0 radical (unpaired) electrons. The molecule has 0 unspecified atom stereocenters. The molecule has 0 saturated carbocycles. The fourth-order valence-electron chi connectivity index (χ4n) is 5.16. The Balaban J connectivity index is 1.59. The number of aromatic nitrogens is 1. The second kappa shape index (κ2) is 10.8. The molecule has 0 spiro atoms. The Bertz CT molecular complexity index is 1780. The molecule has 5 heteroatoms. The van der Waals surface area contributed by atoms with E-state index in [0.717, 1.165) is 27.4 Å². The fourth-order valence-corrected chi connectivity index (χ4v) is 5.16. The van der Waals surface area contributed by atoms with Gasteiger partial charge in [0.15, 0.2) is 6.54 Å². The summed E-state index contributed by atoms with van der Waals surface area (Å²) in [7, 11) is 1.58. The smallest absolute Gasteiger partial charge is 0.267 e. The standard InChI is InChI=1S/C35H27N2O3/c1-40-28-22-20-27(21-23-28)37(34(38)26-14-6-3-7-15-26)35(39)33-29-16-8-10-18-31(29)36(24-25-12-4-2-5-13-25)32-19-11-9-17-30(32)33/h2-23H,24H2,1H3/q+1. The molecule has 1 heterocycles. The van der Waals surface area contributed by atoms with E-state index in [9.17, 15) is 9.59 Å². The van der Waals surface area contributed by atoms with Gasteiger partial charge in [-0.05, 0) is 48.5 Å². The van der Waals surface area contributed by atoms with Crippen LogP contribution in [0, 0.1) is 0 Å². The van der Waals surface area contributed by atoms with Crippen LogP contribution >= 0.6 is 0 Å². The predicted molar refractivity (Wildman–Crippen MR) is 158 cm³/mol. The molecular weight excluding hydrogens is 496 g/mol. The van der Waals surface area contributed by atoms with Crippen molar-refractivity contribution < 1.29 is 18.9 Å². The third-order valence-electron chi connectivity index (χ3n) is 7.08. The number of methoxy groups -OCH3 is 1. The van der Waals surface area contributed by atoms with E-state index in [1.54, 1.807) is 55.6 Å². The molecule has 2 amide bonds. The van der Waals surface area contributed by atoms with Crippen LogP contribution in [0.25, 0.3) is 21.8 Å². The van der Waals surface area contributed by atoms with Gasteiger partial charge in [-0.3, -0.25) is 9.59 Å². The Morgan fingerprint density at radius 3 is 1.73 bits per heavy atom. The molecule has 40 heavy (non-hydrogen) atoms. The largest absolute Gasteiger partial charge is 0.497 e. The van der Waals surface area contributed by atoms with E-state index in [1.807, 2.05) is 72.8 Å². The van der Waals surface area contributed by atoms with Gasteiger partial charge < -0.3 is 4.74 Å². The number of carbonyl (C=O) groups excluding carboxylic acids is 2. The first-order valence-electron chi connectivity index (χ1n) is 13.1. The van der Waals surface area contributed by atoms with Crippen molar-refractivity contribution >= 4 is 39.3 Å². The molecule has 0 aliphatic heterocycles. The van der Waals surface area contributed by atoms with Crippen LogP contribution in [-0.4, -0.2) is 18.9 Å². The Labute approximate surface area is 232 Å². The van der Waals surface area contributed by atoms with Crippen LogP contribution in [0.2, 0.25) is 0 Å². The van der Waals surface area contributed by atoms with E-state index in [-0.39, 0.29) is 0 Å². The number of fused-ring (bicyclic) bond motifs is 2. The summed E-state index contributed by atoms with van der Waals surface area (Å²) in [6.07, 6.45) is 0. The van der Waals surface area contributed by atoms with Crippen LogP contribution in [0.3, 0.4) is 0 Å². The second-order valence-corrected chi connectivity index (χ2v) is 9.49. The third-order valence-corrected chi connectivity index (χ3v) is 7.08. The van der Waals surface area contributed by atoms with Gasteiger partial charge in [-0.25, -0.2) is 4.90 Å². The molecule has 0 bridgehead atoms. The summed E-state index contributed by atoms with van der Waals surface area (Å²) >= 11 is 0. The molecule has 0 aliphatic rings. The summed E-state index contributed by atoms with van der Waals surface area (Å²) in [5.41, 5.74) is 4.35. The van der Waals surface area contributed by atoms with Crippen molar-refractivity contribution in [3.63, 3.8) is 0 Å². The molecule has 5 nitrogen and oxygen atoms in total. The molecule has 6 rings (SSSR count). The lowest BCUT2D eigenvalue weighted by Crippen LogP contribution is -2.40. The maximum absolute atomic E-state index is 14.7. The second-order valence-electron chi connectivity index (χ2n) is 9.49. The van der Waals surface area contributed by atoms with Crippen molar-refractivity contribution in [2.45, 2.75) is 6.54 Å². The number of imide groups is 1. The van der Waals surface area contributed by atoms with Gasteiger partial charge in [0.1, 0.15) is 5.75 Å². The number of hydrogen-bond acceptors (Lipinski definition) is 3. The van der Waals surface area contributed by atoms with Crippen molar-refractivity contribution in [2.75, 3.05) is 12.0 Å². The van der Waals surface area contributed by atoms with Gasteiger partial charge in [0.2, 0.25) is 11.0 Å². The summed E-state index contributed by atoms with van der Waals surface area (Å²) in [5, 5.41) is 1.56. The number of rotatable bonds is 6. The highest BCUT2D eigenvalue weighted by Gasteiger charge is 2.31. The molecular formula is C35H27N2O3+. The molecule has 0 N–H and O–H groups in total. The number of carbonyl (C=O) groups is 2. The van der Waals surface area contributed by atoms with Gasteiger partial charge in [-0.2, -0.15) is 4.57 Å². The first kappa shape index (κ1) is 25.0. The average Bonchev–Trinajstić information content (AvgIpc) is 3.02. The average molecular weight is 524 g/mol. The highest BCUT2D eigenvalue weighted by atomic mass is 16.5. The van der Waals surface area contributed by atoms with Crippen LogP contribution in [-0.2, 0) is 6.54 Å². The molecule has 6 aromatic rings. The van der Waals surface area contributed by atoms with Crippen molar-refractivity contribution in [3.8, 4) is 5.75 Å². The number of nitrogens with zero attached hydrogens (tertiary/aromatic N) is 2. The van der Waals surface area contributed by atoms with Gasteiger partial charge in [-0.15, -0.1) is 0 Å². The van der Waals surface area contributed by atoms with Crippen LogP contribution in [0.5, 0.6) is 5.75 Å². The van der Waals surface area contributed by atoms with Crippen LogP contribution in [0.1, 0.15) is 26.3 Å². The number of amides is 2. The Hall–Kier alpha value is -5.29. The van der Waals surface area contributed by atoms with Crippen molar-refractivity contribution in [1.82, 2.24) is 0 Å². The van der Waals surface area contributed by atoms with E-state index in [2.05, 4.69) is 16.7 Å². The van der Waals surface area contributed by atoms with Crippen molar-refractivity contribution in [2.24, 2.45) is 0 Å². The molecule has 0 saturated heterocycles. The van der Waals surface area contributed by atoms with Crippen molar-refractivity contribution in [1.29, 1.82) is 0 Å². The number of pyridine rings is 1. The lowest BCUT2D eigenvalue weighted by atomic mass is 9.99. The van der Waals surface area contributed by atoms with Gasteiger partial charge in [0, 0.05) is 23.3 Å². The quantitative estimate of drug-likeness (QED) is 0.137. The molecule has 1 aromatic heterocycles. The highest BCUT2D eigenvalue weighted by molar-refractivity contribution is 6.31. The lowest BCUT2D eigenvalue weighted by molar-refractivity contribution is -0.635. The summed E-state index contributed by atoms with van der Waals surface area (Å²) in [5.74, 6) is -0.149. The van der Waals surface area contributed by atoms with Gasteiger partial charge in [0.25, 0.3) is 11.8 Å². The molecule has 194 valence electrons. The third kappa shape index (κ3) is 4.58. The van der Waals surface area contributed by atoms with E-state index in [0.29, 0.717) is 29.1 Å². The SMILES string of the molecule is COc1ccc(N(C(=O)c2ccccc2)C(=O)c2c3ccccc3[n+](Cc3ccccc3)c3ccccc23)cc1. The zero-order valence-electron chi connectivity index (χ0n) is 22.0. The fraction of sp³-hybridized carbons (Fsp3) is 0.0571. The normalized spacial score (nSPS) is 10.9. The van der Waals surface area contributed by atoms with E-state index in [4.69, 9.17) is 4.74 Å². The van der Waals surface area contributed by atoms with Crippen LogP contribution in [0.4, 0.5) is 5.69 Å². The zero-order chi connectivity index (χ0) is 27.5. The first-order chi connectivity index (χ1) is 19.7. The van der Waals surface area contributed by atoms with Crippen molar-refractivity contribution in [3.05, 3.63) is 150 Å². The minimum Gasteiger partial charge on any atom is -0.497 e. The molecule has 0 fully saturated rings. The summed E-state index contributed by atoms with van der Waals surface area (Å²) < 4.78 is 7.56. The minimum absolute atomic E-state index is 0.390. The highest BCUT2D eigenvalue weighted by Crippen LogP contribution is 2.30. The molecule has 0 atom stereocenters. The first-order valence-corrected chi connectivity index (χ1v) is 13.1. The topological polar surface area (TPSA) is 50.5 Å². The minimum atomic E-state index is -0.398. The molecule has 5 aromatic carbocycles. The van der Waals surface area contributed by atoms with Gasteiger partial charge >= 0.3 is 0 Å². The van der Waals surface area contributed by atoms with E-state index < -0.39 is 11.8 Å². The van der Waals surface area contributed by atoms with Crippen LogP contribution in [0.15, 0.2) is 133 Å². The summed E-state index contributed by atoms with van der Waals surface area (Å²) in [6.45, 7) is 0.640. The number of benzene rings is 5. The summed E-state index contributed by atoms with van der Waals surface area (Å²) in [4.78, 5) is 29.9. The zero-order valence-corrected chi connectivity index (χ0v) is 22.0. The van der Waals surface area contributed by atoms with Crippen LogP contribution < -0.4 is 14.2 Å². The maximum atomic E-state index is 14.7. The number of anilines is 1. The van der Waals surface area contributed by atoms with Gasteiger partial charge in [0.05, 0.1) is 29.1 Å². The number of ether oxygens (including phenoxy) is 1.